The molecule has 1 amide bonds. The summed E-state index contributed by atoms with van der Waals surface area (Å²) in [6.45, 7) is 2.47. The molecular formula is C17H20FN3O2. The van der Waals surface area contributed by atoms with Crippen LogP contribution in [0.3, 0.4) is 0 Å². The molecule has 0 N–H and O–H groups in total. The van der Waals surface area contributed by atoms with E-state index in [0.717, 1.165) is 24.3 Å². The number of hydrogen-bond donors (Lipinski definition) is 0. The normalized spacial score (nSPS) is 17.6. The minimum absolute atomic E-state index is 0.100. The molecule has 0 unspecified atom stereocenters. The van der Waals surface area contributed by atoms with Crippen molar-refractivity contribution in [3.63, 3.8) is 0 Å². The smallest absolute Gasteiger partial charge is 0.254 e. The van der Waals surface area contributed by atoms with Crippen LogP contribution in [0.15, 0.2) is 28.8 Å². The average molecular weight is 317 g/mol. The Balaban J connectivity index is 1.86. The van der Waals surface area contributed by atoms with Gasteiger partial charge in [-0.25, -0.2) is 4.39 Å². The lowest BCUT2D eigenvalue weighted by molar-refractivity contribution is 0.0730. The van der Waals surface area contributed by atoms with Gasteiger partial charge in [0.05, 0.1) is 11.7 Å². The van der Waals surface area contributed by atoms with Crippen LogP contribution in [-0.4, -0.2) is 36.6 Å². The van der Waals surface area contributed by atoms with Gasteiger partial charge in [0.1, 0.15) is 17.3 Å². The first-order chi connectivity index (χ1) is 11.0. The van der Waals surface area contributed by atoms with E-state index in [1.54, 1.807) is 36.0 Å². The quantitative estimate of drug-likeness (QED) is 0.872. The molecule has 3 rings (SSSR count). The summed E-state index contributed by atoms with van der Waals surface area (Å²) in [5, 5.41) is 4.03. The molecule has 0 radical (unpaired) electrons. The lowest BCUT2D eigenvalue weighted by atomic mass is 10.1. The van der Waals surface area contributed by atoms with E-state index in [1.165, 1.54) is 6.07 Å². The Morgan fingerprint density at radius 1 is 1.39 bits per heavy atom. The van der Waals surface area contributed by atoms with E-state index in [4.69, 9.17) is 4.52 Å². The minimum atomic E-state index is -0.395. The van der Waals surface area contributed by atoms with Gasteiger partial charge in [0, 0.05) is 32.3 Å². The predicted molar refractivity (Wildman–Crippen MR) is 85.0 cm³/mol. The van der Waals surface area contributed by atoms with Gasteiger partial charge in [0.25, 0.3) is 5.91 Å². The number of aromatic nitrogens is 1. The molecule has 122 valence electrons. The first-order valence-electron chi connectivity index (χ1n) is 7.68. The fourth-order valence-corrected chi connectivity index (χ4v) is 3.03. The molecule has 1 aromatic heterocycles. The van der Waals surface area contributed by atoms with Crippen LogP contribution in [0.1, 0.15) is 40.7 Å². The third-order valence-corrected chi connectivity index (χ3v) is 4.18. The van der Waals surface area contributed by atoms with Crippen LogP contribution in [0.25, 0.3) is 0 Å². The number of carbonyl (C=O) groups is 1. The van der Waals surface area contributed by atoms with E-state index < -0.39 is 5.82 Å². The number of benzene rings is 1. The van der Waals surface area contributed by atoms with Crippen LogP contribution in [0.2, 0.25) is 0 Å². The van der Waals surface area contributed by atoms with Crippen LogP contribution in [-0.2, 0) is 0 Å². The van der Waals surface area contributed by atoms with Crippen LogP contribution in [0.4, 0.5) is 10.1 Å². The molecule has 0 bridgehead atoms. The number of hydrogen-bond acceptors (Lipinski definition) is 4. The maximum Gasteiger partial charge on any atom is 0.254 e. The molecule has 5 nitrogen and oxygen atoms in total. The summed E-state index contributed by atoms with van der Waals surface area (Å²) in [6.07, 6.45) is 1.75. The molecule has 0 saturated carbocycles. The van der Waals surface area contributed by atoms with Crippen molar-refractivity contribution in [2.45, 2.75) is 25.8 Å². The van der Waals surface area contributed by atoms with E-state index >= 15 is 0 Å². The molecule has 6 heteroatoms. The first kappa shape index (κ1) is 15.5. The fourth-order valence-electron chi connectivity index (χ4n) is 3.03. The summed E-state index contributed by atoms with van der Waals surface area (Å²) in [4.78, 5) is 16.2. The monoisotopic (exact) mass is 317 g/mol. The molecule has 1 aromatic carbocycles. The topological polar surface area (TPSA) is 49.6 Å². The van der Waals surface area contributed by atoms with Crippen molar-refractivity contribution in [1.29, 1.82) is 0 Å². The van der Waals surface area contributed by atoms with Crippen LogP contribution >= 0.6 is 0 Å². The van der Waals surface area contributed by atoms with Gasteiger partial charge >= 0.3 is 0 Å². The Hall–Kier alpha value is -2.37. The summed E-state index contributed by atoms with van der Waals surface area (Å²) in [5.74, 6) is 0.159. The lowest BCUT2D eigenvalue weighted by Gasteiger charge is -2.23. The van der Waals surface area contributed by atoms with Crippen molar-refractivity contribution < 1.29 is 13.7 Å². The Morgan fingerprint density at radius 3 is 2.78 bits per heavy atom. The number of aryl methyl sites for hydroxylation is 1. The lowest BCUT2D eigenvalue weighted by Crippen LogP contribution is -2.30. The molecule has 2 aromatic rings. The number of nitrogens with zero attached hydrogens (tertiary/aromatic N) is 3. The van der Waals surface area contributed by atoms with Gasteiger partial charge in [-0.3, -0.25) is 4.79 Å². The van der Waals surface area contributed by atoms with Crippen molar-refractivity contribution in [1.82, 2.24) is 10.1 Å². The van der Waals surface area contributed by atoms with Crippen molar-refractivity contribution in [3.8, 4) is 0 Å². The van der Waals surface area contributed by atoms with E-state index in [9.17, 15) is 9.18 Å². The Labute approximate surface area is 134 Å². The van der Waals surface area contributed by atoms with E-state index in [1.807, 2.05) is 13.0 Å². The number of halogens is 1. The van der Waals surface area contributed by atoms with E-state index in [0.29, 0.717) is 17.8 Å². The number of anilines is 1. The van der Waals surface area contributed by atoms with Gasteiger partial charge in [-0.05, 0) is 38.0 Å². The number of amides is 1. The second-order valence-corrected chi connectivity index (χ2v) is 6.08. The van der Waals surface area contributed by atoms with Gasteiger partial charge in [0.2, 0.25) is 0 Å². The Kier molecular flexibility index (Phi) is 4.07. The molecular weight excluding hydrogens is 297 g/mol. The van der Waals surface area contributed by atoms with Crippen LogP contribution in [0.5, 0.6) is 0 Å². The minimum Gasteiger partial charge on any atom is -0.375 e. The third kappa shape index (κ3) is 2.93. The number of likely N-dealkylation sites (tertiary alicyclic amines) is 1. The van der Waals surface area contributed by atoms with Gasteiger partial charge in [-0.1, -0.05) is 5.16 Å². The molecule has 23 heavy (non-hydrogen) atoms. The molecule has 1 saturated heterocycles. The number of rotatable bonds is 3. The summed E-state index contributed by atoms with van der Waals surface area (Å²) in [7, 11) is 3.53. The highest BCUT2D eigenvalue weighted by Gasteiger charge is 2.32. The third-order valence-electron chi connectivity index (χ3n) is 4.18. The molecule has 0 spiro atoms. The van der Waals surface area contributed by atoms with E-state index in [2.05, 4.69) is 5.16 Å². The zero-order valence-corrected chi connectivity index (χ0v) is 13.5. The molecule has 1 aliphatic heterocycles. The van der Waals surface area contributed by atoms with Crippen molar-refractivity contribution in [3.05, 3.63) is 47.1 Å². The molecule has 1 aliphatic rings. The van der Waals surface area contributed by atoms with Crippen molar-refractivity contribution >= 4 is 11.6 Å². The largest absolute Gasteiger partial charge is 0.375 e. The van der Waals surface area contributed by atoms with E-state index in [-0.39, 0.29) is 11.9 Å². The number of carbonyl (C=O) groups excluding carboxylic acids is 1. The first-order valence-corrected chi connectivity index (χ1v) is 7.68. The zero-order valence-electron chi connectivity index (χ0n) is 13.5. The molecule has 1 fully saturated rings. The highest BCUT2D eigenvalue weighted by atomic mass is 19.1. The standard InChI is InChI=1S/C17H20FN3O2/c1-11-9-14(19-23-11)16-5-4-8-21(16)17(22)12-6-7-15(20(2)3)13(18)10-12/h6-7,9-10,16H,4-5,8H2,1-3H3/t16-/m0/s1. The second kappa shape index (κ2) is 6.02. The van der Waals surface area contributed by atoms with Gasteiger partial charge < -0.3 is 14.3 Å². The molecule has 0 aliphatic carbocycles. The summed E-state index contributed by atoms with van der Waals surface area (Å²) in [6, 6.07) is 6.36. The average Bonchev–Trinajstić information content (AvgIpc) is 3.14. The Bertz CT molecular complexity index is 726. The summed E-state index contributed by atoms with van der Waals surface area (Å²) in [5.41, 5.74) is 1.59. The van der Waals surface area contributed by atoms with Gasteiger partial charge in [-0.2, -0.15) is 0 Å². The second-order valence-electron chi connectivity index (χ2n) is 6.08. The zero-order chi connectivity index (χ0) is 16.6. The van der Waals surface area contributed by atoms with Crippen molar-refractivity contribution in [2.75, 3.05) is 25.5 Å². The maximum absolute atomic E-state index is 14.1. The maximum atomic E-state index is 14.1. The Morgan fingerprint density at radius 2 is 2.17 bits per heavy atom. The predicted octanol–water partition coefficient (Wildman–Crippen LogP) is 3.17. The van der Waals surface area contributed by atoms with Crippen molar-refractivity contribution in [2.24, 2.45) is 0 Å². The highest BCUT2D eigenvalue weighted by Crippen LogP contribution is 2.33. The molecule has 2 heterocycles. The summed E-state index contributed by atoms with van der Waals surface area (Å²) < 4.78 is 19.3. The van der Waals surface area contributed by atoms with Crippen LogP contribution in [0, 0.1) is 12.7 Å². The highest BCUT2D eigenvalue weighted by molar-refractivity contribution is 5.95. The van der Waals surface area contributed by atoms with Gasteiger partial charge in [-0.15, -0.1) is 0 Å². The fraction of sp³-hybridized carbons (Fsp3) is 0.412. The van der Waals surface area contributed by atoms with Crippen LogP contribution < -0.4 is 4.90 Å². The molecule has 1 atom stereocenters. The SMILES string of the molecule is Cc1cc([C@@H]2CCCN2C(=O)c2ccc(N(C)C)c(F)c2)no1. The van der Waals surface area contributed by atoms with Gasteiger partial charge in [0.15, 0.2) is 0 Å². The summed E-state index contributed by atoms with van der Waals surface area (Å²) >= 11 is 0.